The van der Waals surface area contributed by atoms with Gasteiger partial charge in [-0.1, -0.05) is 0 Å². The van der Waals surface area contributed by atoms with Crippen LogP contribution in [0.1, 0.15) is 6.42 Å². The van der Waals surface area contributed by atoms with E-state index < -0.39 is 16.1 Å². The van der Waals surface area contributed by atoms with E-state index in [1.165, 1.54) is 4.31 Å². The van der Waals surface area contributed by atoms with Crippen molar-refractivity contribution in [2.75, 3.05) is 13.1 Å². The highest BCUT2D eigenvalue weighted by Crippen LogP contribution is 2.20. The minimum absolute atomic E-state index is 0.000377. The summed E-state index contributed by atoms with van der Waals surface area (Å²) in [4.78, 5) is 7.24. The number of nitrogens with zero attached hydrogens (tertiary/aromatic N) is 3. The summed E-state index contributed by atoms with van der Waals surface area (Å²) in [5, 5.41) is 9.30. The van der Waals surface area contributed by atoms with Crippen molar-refractivity contribution in [1.29, 1.82) is 0 Å². The van der Waals surface area contributed by atoms with Crippen LogP contribution >= 0.6 is 11.6 Å². The topological polar surface area (TPSA) is 83.4 Å². The zero-order valence-corrected chi connectivity index (χ0v) is 9.82. The molecule has 0 aliphatic carbocycles. The molecule has 16 heavy (non-hydrogen) atoms. The maximum absolute atomic E-state index is 12.0. The predicted octanol–water partition coefficient (Wildman–Crippen LogP) is -0.115. The quantitative estimate of drug-likeness (QED) is 0.753. The van der Waals surface area contributed by atoms with Gasteiger partial charge in [-0.2, -0.15) is 4.31 Å². The molecule has 0 radical (unpaired) electrons. The second-order valence-corrected chi connectivity index (χ2v) is 5.77. The summed E-state index contributed by atoms with van der Waals surface area (Å²) in [6, 6.07) is 0. The van der Waals surface area contributed by atoms with E-state index in [9.17, 15) is 13.5 Å². The van der Waals surface area contributed by atoms with Gasteiger partial charge in [0.15, 0.2) is 0 Å². The zero-order valence-electron chi connectivity index (χ0n) is 8.24. The molecule has 1 N–H and O–H groups in total. The molecule has 6 nitrogen and oxygen atoms in total. The van der Waals surface area contributed by atoms with Gasteiger partial charge in [-0.05, 0) is 18.0 Å². The van der Waals surface area contributed by atoms with Crippen LogP contribution in [0.4, 0.5) is 0 Å². The summed E-state index contributed by atoms with van der Waals surface area (Å²) in [6.07, 6.45) is 2.18. The van der Waals surface area contributed by atoms with E-state index in [0.717, 1.165) is 12.4 Å². The van der Waals surface area contributed by atoms with E-state index in [1.807, 2.05) is 0 Å². The van der Waals surface area contributed by atoms with E-state index in [-0.39, 0.29) is 16.7 Å². The Kier molecular flexibility index (Phi) is 3.11. The molecule has 0 aromatic carbocycles. The number of β-amino-alcohol motifs (C(OH)–C–C–N with tert-alkyl or cyclic N) is 1. The Morgan fingerprint density at radius 2 is 2.06 bits per heavy atom. The van der Waals surface area contributed by atoms with Crippen LogP contribution in [-0.2, 0) is 10.0 Å². The molecule has 88 valence electrons. The predicted molar refractivity (Wildman–Crippen MR) is 56.4 cm³/mol. The van der Waals surface area contributed by atoms with E-state index in [1.54, 1.807) is 0 Å². The van der Waals surface area contributed by atoms with Gasteiger partial charge in [-0.15, -0.1) is 0 Å². The van der Waals surface area contributed by atoms with Crippen LogP contribution in [0, 0.1) is 0 Å². The maximum Gasteiger partial charge on any atom is 0.246 e. The van der Waals surface area contributed by atoms with Crippen molar-refractivity contribution >= 4 is 21.6 Å². The molecule has 0 bridgehead atoms. The molecule has 1 fully saturated rings. The Labute approximate surface area is 97.9 Å². The Balaban J connectivity index is 2.29. The number of hydrogen-bond donors (Lipinski definition) is 1. The molecule has 1 atom stereocenters. The molecule has 2 rings (SSSR count). The number of rotatable bonds is 2. The van der Waals surface area contributed by atoms with Gasteiger partial charge in [-0.3, -0.25) is 0 Å². The lowest BCUT2D eigenvalue weighted by Gasteiger charge is -2.14. The lowest BCUT2D eigenvalue weighted by atomic mass is 10.3. The Bertz CT molecular complexity index is 476. The third-order valence-electron chi connectivity index (χ3n) is 2.36. The first-order valence-electron chi connectivity index (χ1n) is 4.66. The number of aliphatic hydroxyl groups excluding tert-OH is 1. The largest absolute Gasteiger partial charge is 0.392 e. The highest BCUT2D eigenvalue weighted by Gasteiger charge is 2.31. The highest BCUT2D eigenvalue weighted by molar-refractivity contribution is 7.89. The van der Waals surface area contributed by atoms with Crippen molar-refractivity contribution in [3.63, 3.8) is 0 Å². The second kappa shape index (κ2) is 4.25. The molecular formula is C8H10ClN3O3S. The summed E-state index contributed by atoms with van der Waals surface area (Å²) in [6.45, 7) is 0.428. The SMILES string of the molecule is O=S(=O)(c1cnc(Cl)nc1)N1CC[C@@H](O)C1. The van der Waals surface area contributed by atoms with Crippen LogP contribution in [0.2, 0.25) is 5.28 Å². The molecule has 0 unspecified atom stereocenters. The molecule has 1 saturated heterocycles. The third-order valence-corrected chi connectivity index (χ3v) is 4.37. The first-order valence-corrected chi connectivity index (χ1v) is 6.48. The Morgan fingerprint density at radius 3 is 2.56 bits per heavy atom. The number of sulfonamides is 1. The number of aliphatic hydroxyl groups is 1. The summed E-state index contributed by atoms with van der Waals surface area (Å²) in [5.74, 6) is 0. The van der Waals surface area contributed by atoms with Gasteiger partial charge >= 0.3 is 0 Å². The molecular weight excluding hydrogens is 254 g/mol. The van der Waals surface area contributed by atoms with Gasteiger partial charge in [0.05, 0.1) is 18.5 Å². The molecule has 8 heteroatoms. The van der Waals surface area contributed by atoms with Crippen molar-refractivity contribution in [2.24, 2.45) is 0 Å². The van der Waals surface area contributed by atoms with Crippen molar-refractivity contribution in [3.05, 3.63) is 17.7 Å². The summed E-state index contributed by atoms with van der Waals surface area (Å²) < 4.78 is 25.2. The summed E-state index contributed by atoms with van der Waals surface area (Å²) in [7, 11) is -3.60. The van der Waals surface area contributed by atoms with Crippen molar-refractivity contribution in [2.45, 2.75) is 17.4 Å². The highest BCUT2D eigenvalue weighted by atomic mass is 35.5. The number of aromatic nitrogens is 2. The zero-order chi connectivity index (χ0) is 11.8. The molecule has 1 aliphatic rings. The number of halogens is 1. The van der Waals surface area contributed by atoms with E-state index >= 15 is 0 Å². The van der Waals surface area contributed by atoms with E-state index in [4.69, 9.17) is 11.6 Å². The van der Waals surface area contributed by atoms with Gasteiger partial charge in [-0.25, -0.2) is 18.4 Å². The fourth-order valence-corrected chi connectivity index (χ4v) is 2.99. The Hall–Kier alpha value is -0.760. The van der Waals surface area contributed by atoms with Crippen LogP contribution in [0.25, 0.3) is 0 Å². The van der Waals surface area contributed by atoms with Gasteiger partial charge in [0.25, 0.3) is 0 Å². The van der Waals surface area contributed by atoms with E-state index in [2.05, 4.69) is 9.97 Å². The molecule has 1 aromatic heterocycles. The van der Waals surface area contributed by atoms with Crippen LogP contribution in [0.15, 0.2) is 17.3 Å². The monoisotopic (exact) mass is 263 g/mol. The molecule has 2 heterocycles. The van der Waals surface area contributed by atoms with Gasteiger partial charge in [0.2, 0.25) is 15.3 Å². The van der Waals surface area contributed by atoms with Gasteiger partial charge in [0, 0.05) is 13.1 Å². The lowest BCUT2D eigenvalue weighted by molar-refractivity contribution is 0.189. The van der Waals surface area contributed by atoms with Crippen molar-refractivity contribution < 1.29 is 13.5 Å². The standard InChI is InChI=1S/C8H10ClN3O3S/c9-8-10-3-7(4-11-8)16(14,15)12-2-1-6(13)5-12/h3-4,6,13H,1-2,5H2/t6-/m1/s1. The lowest BCUT2D eigenvalue weighted by Crippen LogP contribution is -2.29. The molecule has 1 aromatic rings. The van der Waals surface area contributed by atoms with Crippen molar-refractivity contribution in [1.82, 2.24) is 14.3 Å². The maximum atomic E-state index is 12.0. The van der Waals surface area contributed by atoms with Crippen LogP contribution in [0.3, 0.4) is 0 Å². The number of hydrogen-bond acceptors (Lipinski definition) is 5. The van der Waals surface area contributed by atoms with Gasteiger partial charge in [0.1, 0.15) is 4.90 Å². The average Bonchev–Trinajstić information content (AvgIpc) is 2.66. The third kappa shape index (κ3) is 2.17. The molecule has 0 spiro atoms. The molecule has 0 saturated carbocycles. The Morgan fingerprint density at radius 1 is 1.44 bits per heavy atom. The first-order chi connectivity index (χ1) is 7.50. The van der Waals surface area contributed by atoms with Crippen LogP contribution in [-0.4, -0.2) is 47.0 Å². The average molecular weight is 264 g/mol. The summed E-state index contributed by atoms with van der Waals surface area (Å²) >= 11 is 5.47. The summed E-state index contributed by atoms with van der Waals surface area (Å²) in [5.41, 5.74) is 0. The smallest absolute Gasteiger partial charge is 0.246 e. The van der Waals surface area contributed by atoms with Crippen molar-refractivity contribution in [3.8, 4) is 0 Å². The first kappa shape index (κ1) is 11.7. The molecule has 1 aliphatic heterocycles. The van der Waals surface area contributed by atoms with E-state index in [0.29, 0.717) is 13.0 Å². The second-order valence-electron chi connectivity index (χ2n) is 3.49. The van der Waals surface area contributed by atoms with Crippen LogP contribution < -0.4 is 0 Å². The molecule has 0 amide bonds. The minimum Gasteiger partial charge on any atom is -0.392 e. The van der Waals surface area contributed by atoms with Crippen LogP contribution in [0.5, 0.6) is 0 Å². The fraction of sp³-hybridized carbons (Fsp3) is 0.500. The fourth-order valence-electron chi connectivity index (χ4n) is 1.51. The minimum atomic E-state index is -3.60. The van der Waals surface area contributed by atoms with Gasteiger partial charge < -0.3 is 5.11 Å². The normalized spacial score (nSPS) is 22.5.